The molecule has 0 spiro atoms. The summed E-state index contributed by atoms with van der Waals surface area (Å²) >= 11 is 0. The lowest BCUT2D eigenvalue weighted by Gasteiger charge is -2.33. The maximum atomic E-state index is 9.02. The van der Waals surface area contributed by atoms with E-state index in [2.05, 4.69) is 6.58 Å². The minimum Gasteiger partial charge on any atom is -0.396 e. The minimum absolute atomic E-state index is 0.307. The molecule has 0 aliphatic rings. The third kappa shape index (κ3) is 3.08. The molecule has 4 nitrogen and oxygen atoms in total. The Kier molecular flexibility index (Phi) is 5.90. The summed E-state index contributed by atoms with van der Waals surface area (Å²) < 4.78 is 5.23. The van der Waals surface area contributed by atoms with Crippen molar-refractivity contribution in [3.8, 4) is 0 Å². The second-order valence-electron chi connectivity index (χ2n) is 3.10. The van der Waals surface area contributed by atoms with Crippen molar-refractivity contribution >= 4 is 0 Å². The van der Waals surface area contributed by atoms with E-state index < -0.39 is 11.5 Å². The van der Waals surface area contributed by atoms with Crippen LogP contribution in [0.2, 0.25) is 0 Å². The highest BCUT2D eigenvalue weighted by atomic mass is 16.5. The number of hydrogen-bond donors (Lipinski definition) is 3. The fourth-order valence-electron chi connectivity index (χ4n) is 0.925. The first-order valence-corrected chi connectivity index (χ1v) is 4.22. The smallest absolute Gasteiger partial charge is 0.0673 e. The Morgan fingerprint density at radius 2 is 1.77 bits per heavy atom. The summed E-state index contributed by atoms with van der Waals surface area (Å²) in [6.45, 7) is 4.59. The molecule has 78 valence electrons. The zero-order valence-corrected chi connectivity index (χ0v) is 7.94. The third-order valence-corrected chi connectivity index (χ3v) is 2.27. The molecule has 0 aromatic rings. The first-order chi connectivity index (χ1) is 6.16. The Labute approximate surface area is 78.5 Å². The molecule has 3 N–H and O–H groups in total. The van der Waals surface area contributed by atoms with Crippen molar-refractivity contribution in [1.82, 2.24) is 0 Å². The van der Waals surface area contributed by atoms with Crippen LogP contribution in [-0.2, 0) is 4.74 Å². The van der Waals surface area contributed by atoms with Crippen molar-refractivity contribution in [3.05, 3.63) is 12.7 Å². The number of rotatable bonds is 7. The Bertz CT molecular complexity index is 134. The molecule has 13 heavy (non-hydrogen) atoms. The molecule has 0 aromatic heterocycles. The molecule has 0 saturated carbocycles. The Balaban J connectivity index is 4.24. The van der Waals surface area contributed by atoms with Crippen LogP contribution in [0.5, 0.6) is 0 Å². The average Bonchev–Trinajstić information content (AvgIpc) is 2.18. The van der Waals surface area contributed by atoms with Gasteiger partial charge >= 0.3 is 0 Å². The summed E-state index contributed by atoms with van der Waals surface area (Å²) in [5.74, 6) is 0. The van der Waals surface area contributed by atoms with Crippen LogP contribution >= 0.6 is 0 Å². The Hall–Kier alpha value is -0.420. The monoisotopic (exact) mass is 190 g/mol. The normalized spacial score (nSPS) is 14.2. The van der Waals surface area contributed by atoms with Gasteiger partial charge in [-0.1, -0.05) is 6.08 Å². The van der Waals surface area contributed by atoms with Gasteiger partial charge in [0.1, 0.15) is 0 Å². The SMILES string of the molecule is C=CCOC(C)C(CO)(CO)CO. The van der Waals surface area contributed by atoms with Crippen molar-refractivity contribution in [2.24, 2.45) is 5.41 Å². The highest BCUT2D eigenvalue weighted by molar-refractivity contribution is 4.84. The predicted octanol–water partition coefficient (Wildman–Crippen LogP) is -0.459. The molecule has 0 saturated heterocycles. The van der Waals surface area contributed by atoms with Gasteiger partial charge in [0.15, 0.2) is 0 Å². The van der Waals surface area contributed by atoms with Crippen molar-refractivity contribution in [1.29, 1.82) is 0 Å². The van der Waals surface area contributed by atoms with E-state index in [0.717, 1.165) is 0 Å². The van der Waals surface area contributed by atoms with E-state index >= 15 is 0 Å². The van der Waals surface area contributed by atoms with Crippen LogP contribution in [0.4, 0.5) is 0 Å². The summed E-state index contributed by atoms with van der Waals surface area (Å²) in [6, 6.07) is 0. The van der Waals surface area contributed by atoms with Gasteiger partial charge in [-0.15, -0.1) is 6.58 Å². The zero-order valence-electron chi connectivity index (χ0n) is 7.94. The summed E-state index contributed by atoms with van der Waals surface area (Å²) in [5, 5.41) is 27.1. The van der Waals surface area contributed by atoms with Gasteiger partial charge in [-0.2, -0.15) is 0 Å². The summed E-state index contributed by atoms with van der Waals surface area (Å²) in [6.07, 6.45) is 1.17. The highest BCUT2D eigenvalue weighted by Gasteiger charge is 2.35. The maximum Gasteiger partial charge on any atom is 0.0673 e. The molecule has 0 amide bonds. The van der Waals surface area contributed by atoms with Crippen LogP contribution in [0.1, 0.15) is 6.92 Å². The molecule has 0 radical (unpaired) electrons. The minimum atomic E-state index is -0.969. The van der Waals surface area contributed by atoms with Gasteiger partial charge in [0.05, 0.1) is 37.9 Å². The van der Waals surface area contributed by atoms with E-state index in [0.29, 0.717) is 6.61 Å². The lowest BCUT2D eigenvalue weighted by molar-refractivity contribution is -0.0991. The molecule has 0 fully saturated rings. The van der Waals surface area contributed by atoms with E-state index in [1.165, 1.54) is 0 Å². The van der Waals surface area contributed by atoms with Gasteiger partial charge in [-0.05, 0) is 6.92 Å². The zero-order chi connectivity index (χ0) is 10.3. The second kappa shape index (κ2) is 6.10. The van der Waals surface area contributed by atoms with E-state index in [9.17, 15) is 0 Å². The van der Waals surface area contributed by atoms with Crippen molar-refractivity contribution in [2.45, 2.75) is 13.0 Å². The lowest BCUT2D eigenvalue weighted by atomic mass is 9.85. The molecule has 4 heteroatoms. The van der Waals surface area contributed by atoms with Crippen molar-refractivity contribution < 1.29 is 20.1 Å². The molecule has 0 aliphatic heterocycles. The van der Waals surface area contributed by atoms with Crippen LogP contribution in [0.3, 0.4) is 0 Å². The van der Waals surface area contributed by atoms with Crippen LogP contribution in [0, 0.1) is 5.41 Å². The fraction of sp³-hybridized carbons (Fsp3) is 0.778. The molecule has 0 rings (SSSR count). The highest BCUT2D eigenvalue weighted by Crippen LogP contribution is 2.22. The topological polar surface area (TPSA) is 69.9 Å². The first kappa shape index (κ1) is 12.6. The van der Waals surface area contributed by atoms with Crippen LogP contribution in [0.15, 0.2) is 12.7 Å². The summed E-state index contributed by atoms with van der Waals surface area (Å²) in [5.41, 5.74) is -0.969. The average molecular weight is 190 g/mol. The predicted molar refractivity (Wildman–Crippen MR) is 49.3 cm³/mol. The largest absolute Gasteiger partial charge is 0.396 e. The Morgan fingerprint density at radius 3 is 2.08 bits per heavy atom. The second-order valence-corrected chi connectivity index (χ2v) is 3.10. The summed E-state index contributed by atoms with van der Waals surface area (Å²) in [4.78, 5) is 0. The molecular weight excluding hydrogens is 172 g/mol. The molecule has 0 aromatic carbocycles. The molecule has 0 heterocycles. The molecular formula is C9H18O4. The van der Waals surface area contributed by atoms with Crippen molar-refractivity contribution in [3.63, 3.8) is 0 Å². The number of aliphatic hydroxyl groups is 3. The van der Waals surface area contributed by atoms with Crippen LogP contribution in [0.25, 0.3) is 0 Å². The number of hydrogen-bond acceptors (Lipinski definition) is 4. The maximum absolute atomic E-state index is 9.02. The van der Waals surface area contributed by atoms with Gasteiger partial charge in [0.2, 0.25) is 0 Å². The Morgan fingerprint density at radius 1 is 1.31 bits per heavy atom. The fourth-order valence-corrected chi connectivity index (χ4v) is 0.925. The summed E-state index contributed by atoms with van der Waals surface area (Å²) in [7, 11) is 0. The number of aliphatic hydroxyl groups excluding tert-OH is 3. The van der Waals surface area contributed by atoms with Crippen molar-refractivity contribution in [2.75, 3.05) is 26.4 Å². The molecule has 1 unspecified atom stereocenters. The van der Waals surface area contributed by atoms with E-state index in [4.69, 9.17) is 20.1 Å². The van der Waals surface area contributed by atoms with Crippen LogP contribution < -0.4 is 0 Å². The lowest BCUT2D eigenvalue weighted by Crippen LogP contribution is -2.45. The molecule has 0 aliphatic carbocycles. The molecule has 1 atom stereocenters. The van der Waals surface area contributed by atoms with Gasteiger partial charge in [0.25, 0.3) is 0 Å². The quantitative estimate of drug-likeness (QED) is 0.475. The van der Waals surface area contributed by atoms with Gasteiger partial charge in [-0.3, -0.25) is 0 Å². The van der Waals surface area contributed by atoms with E-state index in [-0.39, 0.29) is 19.8 Å². The number of ether oxygens (including phenoxy) is 1. The van der Waals surface area contributed by atoms with Gasteiger partial charge < -0.3 is 20.1 Å². The van der Waals surface area contributed by atoms with Gasteiger partial charge in [0, 0.05) is 0 Å². The third-order valence-electron chi connectivity index (χ3n) is 2.27. The van der Waals surface area contributed by atoms with E-state index in [1.807, 2.05) is 0 Å². The first-order valence-electron chi connectivity index (χ1n) is 4.22. The standard InChI is InChI=1S/C9H18O4/c1-3-4-13-8(2)9(5-10,6-11)7-12/h3,8,10-12H,1,4-7H2,2H3. The van der Waals surface area contributed by atoms with E-state index in [1.54, 1.807) is 13.0 Å². The van der Waals surface area contributed by atoms with Crippen LogP contribution in [-0.4, -0.2) is 47.9 Å². The molecule has 0 bridgehead atoms. The van der Waals surface area contributed by atoms with Gasteiger partial charge in [-0.25, -0.2) is 0 Å².